The first-order valence-electron chi connectivity index (χ1n) is 8.06. The molecule has 23 heavy (non-hydrogen) atoms. The van der Waals surface area contributed by atoms with Crippen LogP contribution in [0.15, 0.2) is 18.3 Å². The summed E-state index contributed by atoms with van der Waals surface area (Å²) in [4.78, 5) is 18.4. The van der Waals surface area contributed by atoms with Crippen LogP contribution in [-0.2, 0) is 4.74 Å². The van der Waals surface area contributed by atoms with Gasteiger partial charge in [0.1, 0.15) is 12.2 Å². The third-order valence-electron chi connectivity index (χ3n) is 4.40. The Labute approximate surface area is 141 Å². The lowest BCUT2D eigenvalue weighted by Gasteiger charge is -2.52. The van der Waals surface area contributed by atoms with Crippen molar-refractivity contribution in [1.82, 2.24) is 9.88 Å². The van der Waals surface area contributed by atoms with E-state index in [1.807, 2.05) is 25.7 Å². The van der Waals surface area contributed by atoms with Gasteiger partial charge in [0.25, 0.3) is 0 Å². The second-order valence-corrected chi connectivity index (χ2v) is 7.86. The maximum atomic E-state index is 12.5. The van der Waals surface area contributed by atoms with Crippen molar-refractivity contribution < 1.29 is 14.3 Å². The van der Waals surface area contributed by atoms with Crippen molar-refractivity contribution in [3.8, 4) is 5.88 Å². The quantitative estimate of drug-likeness (QED) is 0.842. The average molecular weight is 339 g/mol. The second kappa shape index (κ2) is 6.19. The number of amides is 1. The highest BCUT2D eigenvalue weighted by molar-refractivity contribution is 6.30. The molecule has 5 nitrogen and oxygen atoms in total. The van der Waals surface area contributed by atoms with Crippen LogP contribution in [-0.4, -0.2) is 40.8 Å². The smallest absolute Gasteiger partial charge is 0.410 e. The molecule has 1 atom stereocenters. The fraction of sp³-hybridized carbons (Fsp3) is 0.647. The first-order chi connectivity index (χ1) is 10.8. The van der Waals surface area contributed by atoms with Gasteiger partial charge < -0.3 is 14.4 Å². The van der Waals surface area contributed by atoms with Crippen LogP contribution >= 0.6 is 11.6 Å². The number of carbonyl (C=O) groups is 1. The van der Waals surface area contributed by atoms with Crippen molar-refractivity contribution in [2.75, 3.05) is 13.2 Å². The zero-order chi connectivity index (χ0) is 16.6. The Kier molecular flexibility index (Phi) is 4.41. The summed E-state index contributed by atoms with van der Waals surface area (Å²) in [5.74, 6) is 1.58. The van der Waals surface area contributed by atoms with E-state index < -0.39 is 5.60 Å². The number of carbonyl (C=O) groups excluding carboxylic acids is 1. The van der Waals surface area contributed by atoms with E-state index in [1.165, 1.54) is 0 Å². The first-order valence-corrected chi connectivity index (χ1v) is 8.43. The molecule has 1 aromatic heterocycles. The monoisotopic (exact) mass is 338 g/mol. The van der Waals surface area contributed by atoms with Crippen molar-refractivity contribution >= 4 is 17.7 Å². The molecule has 6 heteroatoms. The second-order valence-electron chi connectivity index (χ2n) is 7.42. The molecular weight excluding hydrogens is 316 g/mol. The van der Waals surface area contributed by atoms with E-state index in [0.29, 0.717) is 29.3 Å². The van der Waals surface area contributed by atoms with Crippen LogP contribution in [0.1, 0.15) is 33.6 Å². The zero-order valence-corrected chi connectivity index (χ0v) is 14.5. The predicted molar refractivity (Wildman–Crippen MR) is 87.7 cm³/mol. The number of rotatable bonds is 3. The van der Waals surface area contributed by atoms with E-state index in [2.05, 4.69) is 4.98 Å². The molecule has 0 N–H and O–H groups in total. The highest BCUT2D eigenvalue weighted by atomic mass is 35.5. The van der Waals surface area contributed by atoms with Gasteiger partial charge in [0.2, 0.25) is 5.88 Å². The van der Waals surface area contributed by atoms with Gasteiger partial charge in [0, 0.05) is 23.8 Å². The third-order valence-corrected chi connectivity index (χ3v) is 4.63. The van der Waals surface area contributed by atoms with Crippen LogP contribution < -0.4 is 4.74 Å². The molecule has 1 amide bonds. The molecule has 0 unspecified atom stereocenters. The van der Waals surface area contributed by atoms with Crippen molar-refractivity contribution in [3.63, 3.8) is 0 Å². The molecule has 3 heterocycles. The van der Waals surface area contributed by atoms with Crippen molar-refractivity contribution in [1.29, 1.82) is 0 Å². The average Bonchev–Trinajstić information content (AvgIpc) is 2.42. The largest absolute Gasteiger partial charge is 0.475 e. The normalized spacial score (nSPS) is 26.4. The number of ether oxygens (including phenoxy) is 2. The molecule has 3 fully saturated rings. The van der Waals surface area contributed by atoms with Gasteiger partial charge in [0.15, 0.2) is 0 Å². The number of fused-ring (bicyclic) bond motifs is 2. The van der Waals surface area contributed by atoms with Gasteiger partial charge in [0.05, 0.1) is 6.04 Å². The first kappa shape index (κ1) is 16.4. The van der Waals surface area contributed by atoms with E-state index in [0.717, 1.165) is 19.4 Å². The lowest BCUT2D eigenvalue weighted by Crippen LogP contribution is -2.60. The summed E-state index contributed by atoms with van der Waals surface area (Å²) in [6, 6.07) is 3.43. The summed E-state index contributed by atoms with van der Waals surface area (Å²) in [5.41, 5.74) is -0.487. The Morgan fingerprint density at radius 2 is 2.17 bits per heavy atom. The Hall–Kier alpha value is -1.49. The number of aromatic nitrogens is 1. The molecule has 3 aliphatic rings. The number of hydrogen-bond donors (Lipinski definition) is 0. The topological polar surface area (TPSA) is 51.7 Å². The van der Waals surface area contributed by atoms with Gasteiger partial charge >= 0.3 is 6.09 Å². The van der Waals surface area contributed by atoms with Crippen LogP contribution in [0.5, 0.6) is 5.88 Å². The van der Waals surface area contributed by atoms with E-state index >= 15 is 0 Å². The molecule has 1 aromatic rings. The standard InChI is InChI=1S/C17H23ClN2O3/c1-17(2,3)23-16(21)20-9-11-6-12(7-11)14(20)10-22-15-8-13(18)4-5-19-15/h4-5,8,11-12,14H,6-7,9-10H2,1-3H3/t11?,12?,14-/m1/s1. The lowest BCUT2D eigenvalue weighted by molar-refractivity contribution is -0.0604. The van der Waals surface area contributed by atoms with Crippen LogP contribution in [0.4, 0.5) is 4.79 Å². The van der Waals surface area contributed by atoms with E-state index in [1.54, 1.807) is 18.3 Å². The lowest BCUT2D eigenvalue weighted by atomic mass is 9.67. The molecule has 126 valence electrons. The minimum atomic E-state index is -0.487. The van der Waals surface area contributed by atoms with E-state index in [4.69, 9.17) is 21.1 Å². The van der Waals surface area contributed by atoms with Crippen molar-refractivity contribution in [3.05, 3.63) is 23.4 Å². The molecular formula is C17H23ClN2O3. The fourth-order valence-electron chi connectivity index (χ4n) is 3.31. The molecule has 0 aromatic carbocycles. The Bertz CT molecular complexity index is 581. The molecule has 2 aliphatic heterocycles. The summed E-state index contributed by atoms with van der Waals surface area (Å²) in [6.45, 7) is 6.83. The number of nitrogens with zero attached hydrogens (tertiary/aromatic N) is 2. The summed E-state index contributed by atoms with van der Waals surface area (Å²) < 4.78 is 11.3. The SMILES string of the molecule is CC(C)(C)OC(=O)N1CC2CC(C2)[C@H]1COc1cc(Cl)ccn1. The number of piperidine rings is 2. The number of halogens is 1. The fourth-order valence-corrected chi connectivity index (χ4v) is 3.46. The highest BCUT2D eigenvalue weighted by Crippen LogP contribution is 2.44. The van der Waals surface area contributed by atoms with Crippen molar-refractivity contribution in [2.24, 2.45) is 11.8 Å². The molecule has 1 aliphatic carbocycles. The van der Waals surface area contributed by atoms with Gasteiger partial charge in [-0.15, -0.1) is 0 Å². The van der Waals surface area contributed by atoms with E-state index in [9.17, 15) is 4.79 Å². The van der Waals surface area contributed by atoms with Crippen LogP contribution in [0.25, 0.3) is 0 Å². The summed E-state index contributed by atoms with van der Waals surface area (Å²) in [5, 5.41) is 0.589. The van der Waals surface area contributed by atoms with E-state index in [-0.39, 0.29) is 12.1 Å². The zero-order valence-electron chi connectivity index (χ0n) is 13.8. The molecule has 0 spiro atoms. The highest BCUT2D eigenvalue weighted by Gasteiger charge is 2.47. The minimum absolute atomic E-state index is 0.0376. The summed E-state index contributed by atoms with van der Waals surface area (Å²) in [7, 11) is 0. The molecule has 0 radical (unpaired) electrons. The third kappa shape index (κ3) is 3.89. The van der Waals surface area contributed by atoms with Gasteiger partial charge in [-0.05, 0) is 51.5 Å². The predicted octanol–water partition coefficient (Wildman–Crippen LogP) is 3.76. The van der Waals surface area contributed by atoms with Crippen LogP contribution in [0.3, 0.4) is 0 Å². The number of hydrogen-bond acceptors (Lipinski definition) is 4. The summed E-state index contributed by atoms with van der Waals surface area (Å²) >= 11 is 5.95. The van der Waals surface area contributed by atoms with Crippen LogP contribution in [0.2, 0.25) is 5.02 Å². The van der Waals surface area contributed by atoms with Gasteiger partial charge in [-0.1, -0.05) is 11.6 Å². The van der Waals surface area contributed by atoms with Gasteiger partial charge in [-0.25, -0.2) is 9.78 Å². The molecule has 2 saturated heterocycles. The van der Waals surface area contributed by atoms with Crippen molar-refractivity contribution in [2.45, 2.75) is 45.3 Å². The Morgan fingerprint density at radius 1 is 1.43 bits per heavy atom. The minimum Gasteiger partial charge on any atom is -0.475 e. The molecule has 2 bridgehead atoms. The molecule has 1 saturated carbocycles. The Balaban J connectivity index is 1.66. The van der Waals surface area contributed by atoms with Gasteiger partial charge in [-0.3, -0.25) is 0 Å². The van der Waals surface area contributed by atoms with Crippen LogP contribution in [0, 0.1) is 11.8 Å². The summed E-state index contributed by atoms with van der Waals surface area (Å²) in [6.07, 6.45) is 3.69. The molecule has 4 rings (SSSR count). The maximum absolute atomic E-state index is 12.5. The maximum Gasteiger partial charge on any atom is 0.410 e. The Morgan fingerprint density at radius 3 is 2.83 bits per heavy atom. The number of pyridine rings is 1. The van der Waals surface area contributed by atoms with Gasteiger partial charge in [-0.2, -0.15) is 0 Å².